The molecule has 0 fully saturated rings. The molecule has 12 heavy (non-hydrogen) atoms. The molecule has 1 aromatic carbocycles. The number of carbonyl (C=O) groups excluding carboxylic acids is 1. The van der Waals surface area contributed by atoms with Crippen LogP contribution >= 0.6 is 0 Å². The van der Waals surface area contributed by atoms with E-state index in [1.165, 1.54) is 5.56 Å². The maximum Gasteiger partial charge on any atom is 0.202 e. The van der Waals surface area contributed by atoms with Crippen molar-refractivity contribution in [2.24, 2.45) is 0 Å². The zero-order valence-electron chi connectivity index (χ0n) is 7.08. The van der Waals surface area contributed by atoms with Gasteiger partial charge in [0, 0.05) is 6.42 Å². The van der Waals surface area contributed by atoms with Crippen LogP contribution in [0, 0.1) is 6.92 Å². The highest BCUT2D eigenvalue weighted by Gasteiger charge is 1.85. The van der Waals surface area contributed by atoms with Crippen LogP contribution < -0.4 is 0 Å². The van der Waals surface area contributed by atoms with E-state index in [4.69, 9.17) is 0 Å². The molecule has 0 saturated carbocycles. The highest BCUT2D eigenvalue weighted by atomic mass is 16.1. The van der Waals surface area contributed by atoms with Gasteiger partial charge in [-0.15, -0.1) is 0 Å². The quantitative estimate of drug-likeness (QED) is 0.662. The molecule has 0 aliphatic heterocycles. The SMILES string of the molecule is Cc1ccc(/C=C/C[C]=O)cc1. The Labute approximate surface area is 72.7 Å². The molecule has 1 rings (SSSR count). The molecule has 0 aliphatic carbocycles. The van der Waals surface area contributed by atoms with Crippen molar-refractivity contribution in [3.05, 3.63) is 41.5 Å². The molecule has 1 aromatic rings. The van der Waals surface area contributed by atoms with E-state index >= 15 is 0 Å². The third-order valence-corrected chi connectivity index (χ3v) is 1.59. The van der Waals surface area contributed by atoms with Crippen LogP contribution in [0.4, 0.5) is 0 Å². The first-order chi connectivity index (χ1) is 5.83. The highest BCUT2D eigenvalue weighted by molar-refractivity contribution is 5.58. The molecule has 0 unspecified atom stereocenters. The molecule has 0 spiro atoms. The van der Waals surface area contributed by atoms with E-state index in [1.807, 2.05) is 43.6 Å². The standard InChI is InChI=1S/C11H11O/c1-10-5-7-11(8-6-10)4-2-3-9-12/h2,4-8H,3H2,1H3/b4-2+. The van der Waals surface area contributed by atoms with E-state index in [1.54, 1.807) is 6.08 Å². The van der Waals surface area contributed by atoms with Crippen LogP contribution in [0.1, 0.15) is 17.5 Å². The lowest BCUT2D eigenvalue weighted by Gasteiger charge is -1.92. The molecular weight excluding hydrogens is 148 g/mol. The molecule has 0 amide bonds. The fourth-order valence-electron chi connectivity index (χ4n) is 0.921. The summed E-state index contributed by atoms with van der Waals surface area (Å²) in [6.07, 6.45) is 5.91. The number of aryl methyl sites for hydroxylation is 1. The molecule has 0 N–H and O–H groups in total. The van der Waals surface area contributed by atoms with Gasteiger partial charge in [-0.3, -0.25) is 4.79 Å². The van der Waals surface area contributed by atoms with Crippen LogP contribution in [0.2, 0.25) is 0 Å². The molecule has 1 radical (unpaired) electrons. The van der Waals surface area contributed by atoms with Gasteiger partial charge in [0.25, 0.3) is 0 Å². The maximum absolute atomic E-state index is 9.87. The molecule has 0 aromatic heterocycles. The van der Waals surface area contributed by atoms with Crippen molar-refractivity contribution in [1.29, 1.82) is 0 Å². The van der Waals surface area contributed by atoms with Gasteiger partial charge in [-0.25, -0.2) is 0 Å². The Morgan fingerprint density at radius 1 is 1.33 bits per heavy atom. The Balaban J connectivity index is 2.64. The summed E-state index contributed by atoms with van der Waals surface area (Å²) in [6, 6.07) is 8.14. The number of rotatable bonds is 3. The van der Waals surface area contributed by atoms with Crippen LogP contribution in [-0.2, 0) is 4.79 Å². The number of hydrogen-bond donors (Lipinski definition) is 0. The lowest BCUT2D eigenvalue weighted by molar-refractivity contribution is 0.556. The van der Waals surface area contributed by atoms with Crippen molar-refractivity contribution >= 4 is 12.4 Å². The summed E-state index contributed by atoms with van der Waals surface area (Å²) in [5.41, 5.74) is 2.37. The molecule has 0 heterocycles. The zero-order chi connectivity index (χ0) is 8.81. The predicted molar refractivity (Wildman–Crippen MR) is 50.5 cm³/mol. The Hall–Kier alpha value is -1.37. The van der Waals surface area contributed by atoms with Gasteiger partial charge in [-0.05, 0) is 12.5 Å². The van der Waals surface area contributed by atoms with Crippen LogP contribution in [0.3, 0.4) is 0 Å². The van der Waals surface area contributed by atoms with Gasteiger partial charge < -0.3 is 0 Å². The average Bonchev–Trinajstić information content (AvgIpc) is 2.09. The summed E-state index contributed by atoms with van der Waals surface area (Å²) in [5.74, 6) is 0. The molecule has 1 heteroatoms. The monoisotopic (exact) mass is 159 g/mol. The summed E-state index contributed by atoms with van der Waals surface area (Å²) in [7, 11) is 0. The minimum atomic E-state index is 0.369. The Bertz CT molecular complexity index is 270. The summed E-state index contributed by atoms with van der Waals surface area (Å²) < 4.78 is 0. The van der Waals surface area contributed by atoms with Crippen LogP contribution in [0.5, 0.6) is 0 Å². The number of benzene rings is 1. The summed E-state index contributed by atoms with van der Waals surface area (Å²) >= 11 is 0. The van der Waals surface area contributed by atoms with E-state index in [2.05, 4.69) is 0 Å². The molecule has 0 atom stereocenters. The second-order valence-corrected chi connectivity index (χ2v) is 2.66. The summed E-state index contributed by atoms with van der Waals surface area (Å²) in [4.78, 5) is 9.87. The van der Waals surface area contributed by atoms with Gasteiger partial charge >= 0.3 is 0 Å². The first-order valence-corrected chi connectivity index (χ1v) is 3.91. The second-order valence-electron chi connectivity index (χ2n) is 2.66. The molecular formula is C11H11O. The van der Waals surface area contributed by atoms with Gasteiger partial charge in [0.05, 0.1) is 0 Å². The van der Waals surface area contributed by atoms with Crippen molar-refractivity contribution in [3.63, 3.8) is 0 Å². The fraction of sp³-hybridized carbons (Fsp3) is 0.182. The fourth-order valence-corrected chi connectivity index (χ4v) is 0.921. The number of allylic oxidation sites excluding steroid dienone is 1. The molecule has 61 valence electrons. The van der Waals surface area contributed by atoms with Crippen molar-refractivity contribution < 1.29 is 4.79 Å². The van der Waals surface area contributed by atoms with Gasteiger partial charge in [0.1, 0.15) is 0 Å². The van der Waals surface area contributed by atoms with Gasteiger partial charge in [-0.2, -0.15) is 0 Å². The lowest BCUT2D eigenvalue weighted by atomic mass is 10.1. The van der Waals surface area contributed by atoms with E-state index < -0.39 is 0 Å². The minimum Gasteiger partial charge on any atom is -0.291 e. The third-order valence-electron chi connectivity index (χ3n) is 1.59. The first kappa shape index (κ1) is 8.72. The maximum atomic E-state index is 9.87. The van der Waals surface area contributed by atoms with Crippen LogP contribution in [-0.4, -0.2) is 6.29 Å². The zero-order valence-corrected chi connectivity index (χ0v) is 7.08. The molecule has 0 aliphatic rings. The van der Waals surface area contributed by atoms with E-state index in [0.717, 1.165) is 5.56 Å². The average molecular weight is 159 g/mol. The lowest BCUT2D eigenvalue weighted by Crippen LogP contribution is -1.73. The van der Waals surface area contributed by atoms with Gasteiger partial charge in [0.2, 0.25) is 6.29 Å². The first-order valence-electron chi connectivity index (χ1n) is 3.91. The van der Waals surface area contributed by atoms with Crippen molar-refractivity contribution in [2.75, 3.05) is 0 Å². The third kappa shape index (κ3) is 2.70. The largest absolute Gasteiger partial charge is 0.291 e. The molecule has 1 nitrogen and oxygen atoms in total. The van der Waals surface area contributed by atoms with Crippen LogP contribution in [0.15, 0.2) is 30.3 Å². The molecule has 0 saturated heterocycles. The van der Waals surface area contributed by atoms with Crippen molar-refractivity contribution in [2.45, 2.75) is 13.3 Å². The van der Waals surface area contributed by atoms with Crippen molar-refractivity contribution in [3.8, 4) is 0 Å². The highest BCUT2D eigenvalue weighted by Crippen LogP contribution is 2.04. The van der Waals surface area contributed by atoms with E-state index in [0.29, 0.717) is 6.42 Å². The Morgan fingerprint density at radius 3 is 2.58 bits per heavy atom. The normalized spacial score (nSPS) is 10.4. The number of hydrogen-bond acceptors (Lipinski definition) is 1. The predicted octanol–water partition coefficient (Wildman–Crippen LogP) is 2.51. The van der Waals surface area contributed by atoms with E-state index in [-0.39, 0.29) is 0 Å². The van der Waals surface area contributed by atoms with E-state index in [9.17, 15) is 4.79 Å². The minimum absolute atomic E-state index is 0.369. The Kier molecular flexibility index (Phi) is 3.27. The van der Waals surface area contributed by atoms with Gasteiger partial charge in [-0.1, -0.05) is 42.0 Å². The Morgan fingerprint density at radius 2 is 2.00 bits per heavy atom. The van der Waals surface area contributed by atoms with Crippen LogP contribution in [0.25, 0.3) is 6.08 Å². The smallest absolute Gasteiger partial charge is 0.202 e. The topological polar surface area (TPSA) is 17.1 Å². The summed E-state index contributed by atoms with van der Waals surface area (Å²) in [5, 5.41) is 0. The van der Waals surface area contributed by atoms with Gasteiger partial charge in [0.15, 0.2) is 0 Å². The van der Waals surface area contributed by atoms with Crippen molar-refractivity contribution in [1.82, 2.24) is 0 Å². The molecule has 0 bridgehead atoms. The summed E-state index contributed by atoms with van der Waals surface area (Å²) in [6.45, 7) is 2.05. The second kappa shape index (κ2) is 4.50.